The van der Waals surface area contributed by atoms with Gasteiger partial charge in [0.1, 0.15) is 0 Å². The highest BCUT2D eigenvalue weighted by Gasteiger charge is 2.35. The molecule has 4 heteroatoms. The highest BCUT2D eigenvalue weighted by molar-refractivity contribution is 4.92. The molecule has 0 fully saturated rings. The fourth-order valence-electron chi connectivity index (χ4n) is 0.823. The lowest BCUT2D eigenvalue weighted by molar-refractivity contribution is 0.171. The van der Waals surface area contributed by atoms with Crippen LogP contribution < -0.4 is 22.9 Å². The summed E-state index contributed by atoms with van der Waals surface area (Å²) in [6, 6.07) is -0.112. The minimum atomic E-state index is -0.744. The van der Waals surface area contributed by atoms with Crippen LogP contribution in [-0.2, 0) is 0 Å². The Kier molecular flexibility index (Phi) is 3.65. The zero-order chi connectivity index (χ0) is 9.99. The van der Waals surface area contributed by atoms with Gasteiger partial charge < -0.3 is 22.9 Å². The summed E-state index contributed by atoms with van der Waals surface area (Å²) in [5.74, 6) is 0. The summed E-state index contributed by atoms with van der Waals surface area (Å²) in [4.78, 5) is 0. The molecular weight excluding hydrogens is 152 g/mol. The third-order valence-electron chi connectivity index (χ3n) is 2.30. The van der Waals surface area contributed by atoms with Crippen LogP contribution in [-0.4, -0.2) is 18.2 Å². The van der Waals surface area contributed by atoms with E-state index in [1.54, 1.807) is 0 Å². The molecule has 0 bridgehead atoms. The Balaban J connectivity index is 4.22. The van der Waals surface area contributed by atoms with Crippen LogP contribution in [0, 0.1) is 5.41 Å². The van der Waals surface area contributed by atoms with E-state index in [1.165, 1.54) is 0 Å². The number of nitrogens with two attached hydrogens (primary N) is 4. The molecule has 12 heavy (non-hydrogen) atoms. The van der Waals surface area contributed by atoms with Gasteiger partial charge in [-0.25, -0.2) is 0 Å². The molecule has 1 atom stereocenters. The molecule has 0 aromatic rings. The van der Waals surface area contributed by atoms with Gasteiger partial charge in [-0.2, -0.15) is 0 Å². The standard InChI is InChI=1S/C8H22N4/c1-7(2,3)8(11,12)4-6(10)5-9/h6H,4-5,9-12H2,1-3H3. The van der Waals surface area contributed by atoms with Crippen molar-refractivity contribution in [3.05, 3.63) is 0 Å². The first-order valence-electron chi connectivity index (χ1n) is 4.24. The van der Waals surface area contributed by atoms with Gasteiger partial charge in [-0.1, -0.05) is 20.8 Å². The molecule has 74 valence electrons. The Bertz CT molecular complexity index is 136. The molecule has 0 saturated heterocycles. The average Bonchev–Trinajstić information content (AvgIpc) is 1.84. The largest absolute Gasteiger partial charge is 0.329 e. The van der Waals surface area contributed by atoms with Gasteiger partial charge in [-0.15, -0.1) is 0 Å². The van der Waals surface area contributed by atoms with E-state index in [4.69, 9.17) is 22.9 Å². The Morgan fingerprint density at radius 1 is 1.17 bits per heavy atom. The predicted molar refractivity (Wildman–Crippen MR) is 52.2 cm³/mol. The molecule has 0 aromatic heterocycles. The molecule has 0 saturated carbocycles. The molecule has 0 aromatic carbocycles. The molecule has 0 heterocycles. The fourth-order valence-corrected chi connectivity index (χ4v) is 0.823. The average molecular weight is 174 g/mol. The van der Waals surface area contributed by atoms with Gasteiger partial charge in [0.15, 0.2) is 0 Å². The number of rotatable bonds is 3. The van der Waals surface area contributed by atoms with Crippen molar-refractivity contribution in [1.82, 2.24) is 0 Å². The van der Waals surface area contributed by atoms with Gasteiger partial charge in [0, 0.05) is 12.6 Å². The van der Waals surface area contributed by atoms with E-state index in [2.05, 4.69) is 0 Å². The third kappa shape index (κ3) is 3.06. The summed E-state index contributed by atoms with van der Waals surface area (Å²) in [5, 5.41) is 0. The predicted octanol–water partition coefficient (Wildman–Crippen LogP) is -0.678. The van der Waals surface area contributed by atoms with Gasteiger partial charge in [0.2, 0.25) is 0 Å². The van der Waals surface area contributed by atoms with Gasteiger partial charge in [0.25, 0.3) is 0 Å². The van der Waals surface area contributed by atoms with Crippen LogP contribution in [0.4, 0.5) is 0 Å². The molecule has 0 rings (SSSR count). The van der Waals surface area contributed by atoms with Crippen molar-refractivity contribution in [2.24, 2.45) is 28.3 Å². The van der Waals surface area contributed by atoms with Crippen molar-refractivity contribution < 1.29 is 0 Å². The summed E-state index contributed by atoms with van der Waals surface area (Å²) >= 11 is 0. The number of hydrogen-bond donors (Lipinski definition) is 4. The van der Waals surface area contributed by atoms with E-state index in [0.717, 1.165) is 0 Å². The minimum absolute atomic E-state index is 0.112. The second-order valence-corrected chi connectivity index (χ2v) is 4.49. The van der Waals surface area contributed by atoms with Gasteiger partial charge >= 0.3 is 0 Å². The van der Waals surface area contributed by atoms with Crippen LogP contribution in [0.5, 0.6) is 0 Å². The summed E-state index contributed by atoms with van der Waals surface area (Å²) in [5.41, 5.74) is 22.0. The third-order valence-corrected chi connectivity index (χ3v) is 2.30. The molecule has 0 aliphatic heterocycles. The first-order valence-corrected chi connectivity index (χ1v) is 4.24. The summed E-state index contributed by atoms with van der Waals surface area (Å²) < 4.78 is 0. The maximum absolute atomic E-state index is 5.91. The van der Waals surface area contributed by atoms with Crippen LogP contribution in [0.25, 0.3) is 0 Å². The lowest BCUT2D eigenvalue weighted by Crippen LogP contribution is -2.62. The van der Waals surface area contributed by atoms with Crippen LogP contribution >= 0.6 is 0 Å². The maximum atomic E-state index is 5.91. The molecule has 0 aliphatic rings. The molecule has 4 nitrogen and oxygen atoms in total. The van der Waals surface area contributed by atoms with Crippen molar-refractivity contribution in [3.8, 4) is 0 Å². The maximum Gasteiger partial charge on any atom is 0.0701 e. The molecule has 8 N–H and O–H groups in total. The van der Waals surface area contributed by atoms with Crippen LogP contribution in [0.15, 0.2) is 0 Å². The van der Waals surface area contributed by atoms with Crippen LogP contribution in [0.2, 0.25) is 0 Å². The topological polar surface area (TPSA) is 104 Å². The fraction of sp³-hybridized carbons (Fsp3) is 1.00. The van der Waals surface area contributed by atoms with Gasteiger partial charge in [-0.05, 0) is 11.8 Å². The van der Waals surface area contributed by atoms with Gasteiger partial charge in [0.05, 0.1) is 5.66 Å². The lowest BCUT2D eigenvalue weighted by atomic mass is 9.78. The zero-order valence-electron chi connectivity index (χ0n) is 8.30. The number of hydrogen-bond acceptors (Lipinski definition) is 4. The molecule has 1 unspecified atom stereocenters. The quantitative estimate of drug-likeness (QED) is 0.426. The molecule has 0 amide bonds. The second kappa shape index (κ2) is 3.70. The van der Waals surface area contributed by atoms with Crippen molar-refractivity contribution in [1.29, 1.82) is 0 Å². The molecule has 0 aliphatic carbocycles. The lowest BCUT2D eigenvalue weighted by Gasteiger charge is -2.39. The summed E-state index contributed by atoms with van der Waals surface area (Å²) in [6.07, 6.45) is 0.549. The highest BCUT2D eigenvalue weighted by Crippen LogP contribution is 2.26. The Labute approximate surface area is 74.7 Å². The van der Waals surface area contributed by atoms with E-state index >= 15 is 0 Å². The Morgan fingerprint density at radius 3 is 1.83 bits per heavy atom. The van der Waals surface area contributed by atoms with E-state index in [9.17, 15) is 0 Å². The van der Waals surface area contributed by atoms with E-state index in [-0.39, 0.29) is 11.5 Å². The van der Waals surface area contributed by atoms with Crippen molar-refractivity contribution >= 4 is 0 Å². The Hall–Kier alpha value is -0.160. The van der Waals surface area contributed by atoms with E-state index in [1.807, 2.05) is 20.8 Å². The van der Waals surface area contributed by atoms with Crippen LogP contribution in [0.1, 0.15) is 27.2 Å². The second-order valence-electron chi connectivity index (χ2n) is 4.49. The SMILES string of the molecule is CC(C)(C)C(N)(N)CC(N)CN. The molecular formula is C8H22N4. The van der Waals surface area contributed by atoms with Crippen molar-refractivity contribution in [2.75, 3.05) is 6.54 Å². The monoisotopic (exact) mass is 174 g/mol. The summed E-state index contributed by atoms with van der Waals surface area (Å²) in [7, 11) is 0. The molecule has 0 radical (unpaired) electrons. The summed E-state index contributed by atoms with van der Waals surface area (Å²) in [6.45, 7) is 6.41. The molecule has 0 spiro atoms. The first kappa shape index (κ1) is 11.8. The smallest absolute Gasteiger partial charge is 0.0701 e. The Morgan fingerprint density at radius 2 is 1.58 bits per heavy atom. The normalized spacial score (nSPS) is 16.2. The van der Waals surface area contributed by atoms with Crippen molar-refractivity contribution in [3.63, 3.8) is 0 Å². The first-order chi connectivity index (χ1) is 5.20. The van der Waals surface area contributed by atoms with Crippen LogP contribution in [0.3, 0.4) is 0 Å². The van der Waals surface area contributed by atoms with E-state index in [0.29, 0.717) is 13.0 Å². The minimum Gasteiger partial charge on any atom is -0.329 e. The van der Waals surface area contributed by atoms with E-state index < -0.39 is 5.66 Å². The zero-order valence-corrected chi connectivity index (χ0v) is 8.30. The van der Waals surface area contributed by atoms with Gasteiger partial charge in [-0.3, -0.25) is 0 Å². The highest BCUT2D eigenvalue weighted by atomic mass is 15.0. The van der Waals surface area contributed by atoms with Crippen molar-refractivity contribution in [2.45, 2.75) is 38.9 Å².